The largest absolute Gasteiger partial charge is 0.465 e. The van der Waals surface area contributed by atoms with E-state index in [1.807, 2.05) is 49.4 Å². The molecule has 1 spiro atoms. The molecular weight excluding hydrogens is 476 g/mol. The molecule has 0 bridgehead atoms. The number of ether oxygens (including phenoxy) is 1. The van der Waals surface area contributed by atoms with E-state index in [2.05, 4.69) is 12.2 Å². The average molecular weight is 511 g/mol. The molecule has 1 unspecified atom stereocenters. The summed E-state index contributed by atoms with van der Waals surface area (Å²) in [4.78, 5) is 45.2. The standard InChI is InChI=1S/C28H34N2O5S/c1-27-13-7-2-3-8-18-35-26(34)22(27)21-24(32)30(16-10-17-31)23-25(33)29(15-9-14-28(21,23)36-27)19-20-11-5-4-6-12-20/h4-7,9,11-14,21-23,31H,2-3,8,10,15-19H2,1H3/b13-7-/t21-,22+,23?,27-,28-/m0/s1. The van der Waals surface area contributed by atoms with Gasteiger partial charge in [0.1, 0.15) is 6.04 Å². The highest BCUT2D eigenvalue weighted by Crippen LogP contribution is 2.65. The van der Waals surface area contributed by atoms with Gasteiger partial charge >= 0.3 is 5.97 Å². The van der Waals surface area contributed by atoms with Crippen LogP contribution in [0.5, 0.6) is 0 Å². The first kappa shape index (κ1) is 25.1. The molecule has 4 aliphatic heterocycles. The number of rotatable bonds is 5. The minimum Gasteiger partial charge on any atom is -0.465 e. The number of fused-ring (bicyclic) bond motifs is 2. The van der Waals surface area contributed by atoms with Crippen molar-refractivity contribution in [2.45, 2.75) is 54.7 Å². The van der Waals surface area contributed by atoms with E-state index in [1.165, 1.54) is 0 Å². The second-order valence-electron chi connectivity index (χ2n) is 10.3. The Morgan fingerprint density at radius 3 is 2.64 bits per heavy atom. The van der Waals surface area contributed by atoms with Crippen LogP contribution in [0.1, 0.15) is 38.2 Å². The first-order chi connectivity index (χ1) is 17.4. The maximum Gasteiger partial charge on any atom is 0.311 e. The lowest BCUT2D eigenvalue weighted by Crippen LogP contribution is -2.53. The van der Waals surface area contributed by atoms with Crippen LogP contribution in [0, 0.1) is 11.8 Å². The van der Waals surface area contributed by atoms with Gasteiger partial charge in [0.15, 0.2) is 0 Å². The van der Waals surface area contributed by atoms with Crippen LogP contribution < -0.4 is 0 Å². The van der Waals surface area contributed by atoms with E-state index in [1.54, 1.807) is 21.6 Å². The van der Waals surface area contributed by atoms with Crippen molar-refractivity contribution in [1.82, 2.24) is 9.80 Å². The first-order valence-corrected chi connectivity index (χ1v) is 13.7. The third-order valence-electron chi connectivity index (χ3n) is 7.86. The van der Waals surface area contributed by atoms with Crippen LogP contribution in [0.25, 0.3) is 0 Å². The Hall–Kier alpha value is -2.58. The van der Waals surface area contributed by atoms with Gasteiger partial charge in [0, 0.05) is 31.0 Å². The number of carbonyl (C=O) groups is 3. The van der Waals surface area contributed by atoms with Gasteiger partial charge in [-0.3, -0.25) is 14.4 Å². The number of amides is 2. The Bertz CT molecular complexity index is 1070. The lowest BCUT2D eigenvalue weighted by molar-refractivity contribution is -0.154. The normalized spacial score (nSPS) is 35.1. The number of cyclic esters (lactones) is 1. The summed E-state index contributed by atoms with van der Waals surface area (Å²) in [5.74, 6) is -2.07. The molecule has 1 aromatic carbocycles. The van der Waals surface area contributed by atoms with E-state index < -0.39 is 27.4 Å². The van der Waals surface area contributed by atoms with Crippen LogP contribution >= 0.6 is 11.8 Å². The third-order valence-corrected chi connectivity index (χ3v) is 9.65. The number of likely N-dealkylation sites (tertiary alicyclic amines) is 1. The quantitative estimate of drug-likeness (QED) is 0.484. The number of aliphatic hydroxyl groups excluding tert-OH is 1. The summed E-state index contributed by atoms with van der Waals surface area (Å²) in [6, 6.07) is 9.08. The van der Waals surface area contributed by atoms with E-state index in [0.29, 0.717) is 26.1 Å². The summed E-state index contributed by atoms with van der Waals surface area (Å²) in [5, 5.41) is 9.54. The molecular formula is C28H34N2O5S. The van der Waals surface area contributed by atoms with E-state index in [0.717, 1.165) is 24.8 Å². The van der Waals surface area contributed by atoms with Crippen molar-refractivity contribution in [2.75, 3.05) is 26.3 Å². The molecule has 0 aliphatic carbocycles. The van der Waals surface area contributed by atoms with Crippen LogP contribution in [0.2, 0.25) is 0 Å². The van der Waals surface area contributed by atoms with Gasteiger partial charge in [0.25, 0.3) is 0 Å². The van der Waals surface area contributed by atoms with Gasteiger partial charge in [-0.05, 0) is 38.2 Å². The van der Waals surface area contributed by atoms with Crippen molar-refractivity contribution in [2.24, 2.45) is 11.8 Å². The van der Waals surface area contributed by atoms with Crippen molar-refractivity contribution in [1.29, 1.82) is 0 Å². The zero-order valence-corrected chi connectivity index (χ0v) is 21.5. The molecule has 4 aliphatic rings. The molecule has 0 saturated carbocycles. The molecule has 1 N–H and O–H groups in total. The number of hydrogen-bond acceptors (Lipinski definition) is 6. The maximum atomic E-state index is 14.2. The van der Waals surface area contributed by atoms with Gasteiger partial charge in [-0.15, -0.1) is 11.8 Å². The highest BCUT2D eigenvalue weighted by Gasteiger charge is 2.73. The Labute approximate surface area is 216 Å². The fourth-order valence-electron chi connectivity index (χ4n) is 6.27. The third kappa shape index (κ3) is 4.18. The van der Waals surface area contributed by atoms with Crippen molar-refractivity contribution >= 4 is 29.5 Å². The SMILES string of the molecule is C[C@]12/C=C\CCCCOC(=O)[C@H]1[C@H]1C(=O)N(CCCO)C3C(=O)N(Cc4ccccc4)CC=C[C@@]31S2. The molecule has 192 valence electrons. The summed E-state index contributed by atoms with van der Waals surface area (Å²) in [5.41, 5.74) is 1.02. The van der Waals surface area contributed by atoms with Crippen molar-refractivity contribution < 1.29 is 24.2 Å². The second-order valence-corrected chi connectivity index (χ2v) is 12.1. The van der Waals surface area contributed by atoms with Crippen LogP contribution in [0.3, 0.4) is 0 Å². The maximum absolute atomic E-state index is 14.2. The van der Waals surface area contributed by atoms with Crippen molar-refractivity contribution in [3.8, 4) is 0 Å². The lowest BCUT2D eigenvalue weighted by atomic mass is 9.74. The van der Waals surface area contributed by atoms with E-state index >= 15 is 0 Å². The predicted molar refractivity (Wildman–Crippen MR) is 138 cm³/mol. The molecule has 36 heavy (non-hydrogen) atoms. The van der Waals surface area contributed by atoms with Gasteiger partial charge in [-0.1, -0.05) is 54.6 Å². The molecule has 7 nitrogen and oxygen atoms in total. The topological polar surface area (TPSA) is 87.1 Å². The monoisotopic (exact) mass is 510 g/mol. The first-order valence-electron chi connectivity index (χ1n) is 12.9. The average Bonchev–Trinajstić information content (AvgIpc) is 3.20. The Kier molecular flexibility index (Phi) is 7.01. The summed E-state index contributed by atoms with van der Waals surface area (Å²) >= 11 is 1.56. The van der Waals surface area contributed by atoms with Crippen LogP contribution in [0.4, 0.5) is 0 Å². The molecule has 5 atom stereocenters. The fraction of sp³-hybridized carbons (Fsp3) is 0.536. The number of nitrogens with zero attached hydrogens (tertiary/aromatic N) is 2. The zero-order chi connectivity index (χ0) is 25.3. The van der Waals surface area contributed by atoms with E-state index in [9.17, 15) is 19.5 Å². The van der Waals surface area contributed by atoms with Gasteiger partial charge < -0.3 is 19.6 Å². The number of allylic oxidation sites excluding steroid dienone is 1. The molecule has 2 saturated heterocycles. The van der Waals surface area contributed by atoms with Crippen molar-refractivity contribution in [3.05, 3.63) is 60.2 Å². The van der Waals surface area contributed by atoms with Crippen LogP contribution in [-0.4, -0.2) is 74.5 Å². The Morgan fingerprint density at radius 2 is 1.86 bits per heavy atom. The lowest BCUT2D eigenvalue weighted by Gasteiger charge is -2.37. The van der Waals surface area contributed by atoms with E-state index in [-0.39, 0.29) is 30.9 Å². The molecule has 0 radical (unpaired) electrons. The summed E-state index contributed by atoms with van der Waals surface area (Å²) in [7, 11) is 0. The molecule has 1 aromatic rings. The fourth-order valence-corrected chi connectivity index (χ4v) is 8.42. The van der Waals surface area contributed by atoms with Crippen molar-refractivity contribution in [3.63, 3.8) is 0 Å². The van der Waals surface area contributed by atoms with Crippen LogP contribution in [0.15, 0.2) is 54.6 Å². The number of thioether (sulfide) groups is 1. The highest BCUT2D eigenvalue weighted by atomic mass is 32.2. The Balaban J connectivity index is 1.58. The number of hydrogen-bond donors (Lipinski definition) is 1. The number of aliphatic hydroxyl groups is 1. The number of esters is 1. The van der Waals surface area contributed by atoms with Gasteiger partial charge in [-0.25, -0.2) is 0 Å². The van der Waals surface area contributed by atoms with Gasteiger partial charge in [-0.2, -0.15) is 0 Å². The molecule has 8 heteroatoms. The smallest absolute Gasteiger partial charge is 0.311 e. The molecule has 2 fully saturated rings. The highest BCUT2D eigenvalue weighted by molar-refractivity contribution is 8.02. The Morgan fingerprint density at radius 1 is 1.06 bits per heavy atom. The molecule has 5 rings (SSSR count). The van der Waals surface area contributed by atoms with Crippen LogP contribution in [-0.2, 0) is 25.7 Å². The van der Waals surface area contributed by atoms with E-state index in [4.69, 9.17) is 4.74 Å². The summed E-state index contributed by atoms with van der Waals surface area (Å²) in [6.07, 6.45) is 11.2. The number of benzene rings is 1. The van der Waals surface area contributed by atoms with Gasteiger partial charge in [0.05, 0.1) is 23.2 Å². The minimum absolute atomic E-state index is 0.0784. The molecule has 4 heterocycles. The molecule has 2 amide bonds. The second kappa shape index (κ2) is 10.1. The molecule has 0 aromatic heterocycles. The summed E-state index contributed by atoms with van der Waals surface area (Å²) < 4.78 is 4.13. The van der Waals surface area contributed by atoms with Gasteiger partial charge in [0.2, 0.25) is 11.8 Å². The predicted octanol–water partition coefficient (Wildman–Crippen LogP) is 2.94. The summed E-state index contributed by atoms with van der Waals surface area (Å²) in [6.45, 7) is 3.41. The minimum atomic E-state index is -0.883. The zero-order valence-electron chi connectivity index (χ0n) is 20.7. The number of carbonyl (C=O) groups excluding carboxylic acids is 3.